The molecular weight excluding hydrogens is 368 g/mol. The minimum Gasteiger partial charge on any atom is -0.427 e. The number of nitrogens with one attached hydrogen (secondary N) is 1. The van der Waals surface area contributed by atoms with Gasteiger partial charge in [0.1, 0.15) is 5.75 Å². The van der Waals surface area contributed by atoms with Crippen LogP contribution >= 0.6 is 0 Å². The topological polar surface area (TPSA) is 75.7 Å². The number of hydrogen-bond acceptors (Lipinski definition) is 4. The summed E-state index contributed by atoms with van der Waals surface area (Å²) in [6.07, 6.45) is 1.84. The van der Waals surface area contributed by atoms with E-state index in [1.807, 2.05) is 36.1 Å². The molecule has 2 aromatic carbocycles. The van der Waals surface area contributed by atoms with E-state index < -0.39 is 5.97 Å². The first-order valence-electron chi connectivity index (χ1n) is 9.83. The highest BCUT2D eigenvalue weighted by Crippen LogP contribution is 2.16. The third-order valence-electron chi connectivity index (χ3n) is 4.98. The van der Waals surface area contributed by atoms with E-state index >= 15 is 0 Å². The molecule has 0 radical (unpaired) electrons. The van der Waals surface area contributed by atoms with Crippen molar-refractivity contribution in [3.8, 4) is 5.75 Å². The summed E-state index contributed by atoms with van der Waals surface area (Å²) in [5, 5.41) is 3.01. The van der Waals surface area contributed by atoms with Crippen molar-refractivity contribution in [2.75, 3.05) is 13.1 Å². The maximum Gasteiger partial charge on any atom is 0.308 e. The van der Waals surface area contributed by atoms with Gasteiger partial charge in [-0.15, -0.1) is 0 Å². The average Bonchev–Trinajstić information content (AvgIpc) is 2.68. The van der Waals surface area contributed by atoms with Crippen LogP contribution in [0.4, 0.5) is 0 Å². The van der Waals surface area contributed by atoms with E-state index in [1.165, 1.54) is 6.92 Å². The molecule has 2 amide bonds. The number of hydrogen-bond donors (Lipinski definition) is 1. The third-order valence-corrected chi connectivity index (χ3v) is 4.98. The van der Waals surface area contributed by atoms with Gasteiger partial charge >= 0.3 is 5.97 Å². The summed E-state index contributed by atoms with van der Waals surface area (Å²) in [6, 6.07) is 14.6. The lowest BCUT2D eigenvalue weighted by atomic mass is 10.0. The highest BCUT2D eigenvalue weighted by Gasteiger charge is 2.24. The fourth-order valence-electron chi connectivity index (χ4n) is 3.52. The zero-order valence-electron chi connectivity index (χ0n) is 16.8. The van der Waals surface area contributed by atoms with Crippen molar-refractivity contribution < 1.29 is 19.1 Å². The summed E-state index contributed by atoms with van der Waals surface area (Å²) in [6.45, 7) is 4.59. The number of carbonyl (C=O) groups is 3. The number of aryl methyl sites for hydroxylation is 1. The molecule has 29 heavy (non-hydrogen) atoms. The number of rotatable bonds is 5. The molecule has 0 unspecified atom stereocenters. The summed E-state index contributed by atoms with van der Waals surface area (Å²) in [5.41, 5.74) is 2.62. The van der Waals surface area contributed by atoms with Crippen molar-refractivity contribution >= 4 is 17.8 Å². The Balaban J connectivity index is 1.50. The standard InChI is InChI=1S/C23H26N2O4/c1-16-5-3-6-18(13-16)14-22(27)25-11-9-20(10-12-25)24-23(28)19-7-4-8-21(15-19)29-17(2)26/h3-8,13,15,20H,9-12,14H2,1-2H3,(H,24,28). The van der Waals surface area contributed by atoms with Crippen LogP contribution in [0.5, 0.6) is 5.75 Å². The Labute approximate surface area is 170 Å². The lowest BCUT2D eigenvalue weighted by molar-refractivity contribution is -0.132. The van der Waals surface area contributed by atoms with Gasteiger partial charge in [-0.25, -0.2) is 0 Å². The van der Waals surface area contributed by atoms with Gasteiger partial charge in [-0.3, -0.25) is 14.4 Å². The monoisotopic (exact) mass is 394 g/mol. The molecule has 152 valence electrons. The first kappa shape index (κ1) is 20.6. The Morgan fingerprint density at radius 1 is 1.07 bits per heavy atom. The van der Waals surface area contributed by atoms with Crippen molar-refractivity contribution in [3.05, 3.63) is 65.2 Å². The van der Waals surface area contributed by atoms with Gasteiger partial charge in [-0.1, -0.05) is 35.9 Å². The first-order valence-corrected chi connectivity index (χ1v) is 9.83. The predicted octanol–water partition coefficient (Wildman–Crippen LogP) is 2.88. The molecule has 0 aromatic heterocycles. The van der Waals surface area contributed by atoms with Gasteiger partial charge in [0.15, 0.2) is 0 Å². The first-order chi connectivity index (χ1) is 13.9. The number of amides is 2. The number of piperidine rings is 1. The van der Waals surface area contributed by atoms with Crippen molar-refractivity contribution in [2.24, 2.45) is 0 Å². The van der Waals surface area contributed by atoms with Crippen LogP contribution in [-0.2, 0) is 16.0 Å². The van der Waals surface area contributed by atoms with Crippen molar-refractivity contribution in [1.29, 1.82) is 0 Å². The molecule has 6 heteroatoms. The number of ether oxygens (including phenoxy) is 1. The SMILES string of the molecule is CC(=O)Oc1cccc(C(=O)NC2CCN(C(=O)Cc3cccc(C)c3)CC2)c1. The van der Waals surface area contributed by atoms with Gasteiger partial charge in [-0.2, -0.15) is 0 Å². The molecule has 1 saturated heterocycles. The van der Waals surface area contributed by atoms with Gasteiger partial charge in [-0.05, 0) is 43.5 Å². The second-order valence-electron chi connectivity index (χ2n) is 7.42. The second kappa shape index (κ2) is 9.37. The Morgan fingerprint density at radius 2 is 1.79 bits per heavy atom. The zero-order valence-corrected chi connectivity index (χ0v) is 16.8. The van der Waals surface area contributed by atoms with Crippen LogP contribution in [0.15, 0.2) is 48.5 Å². The average molecular weight is 394 g/mol. The molecule has 1 heterocycles. The van der Waals surface area contributed by atoms with E-state index in [0.717, 1.165) is 24.0 Å². The molecule has 0 bridgehead atoms. The van der Waals surface area contributed by atoms with Gasteiger partial charge in [0, 0.05) is 31.6 Å². The smallest absolute Gasteiger partial charge is 0.308 e. The van der Waals surface area contributed by atoms with E-state index in [1.54, 1.807) is 24.3 Å². The number of benzene rings is 2. The molecule has 0 saturated carbocycles. The van der Waals surface area contributed by atoms with Gasteiger partial charge in [0.25, 0.3) is 5.91 Å². The molecule has 0 aliphatic carbocycles. The quantitative estimate of drug-likeness (QED) is 0.625. The molecule has 1 fully saturated rings. The predicted molar refractivity (Wildman–Crippen MR) is 110 cm³/mol. The molecule has 3 rings (SSSR count). The number of esters is 1. The Kier molecular flexibility index (Phi) is 6.65. The molecular formula is C23H26N2O4. The maximum atomic E-state index is 12.6. The van der Waals surface area contributed by atoms with E-state index in [4.69, 9.17) is 4.74 Å². The highest BCUT2D eigenvalue weighted by atomic mass is 16.5. The van der Waals surface area contributed by atoms with Crippen molar-refractivity contribution in [1.82, 2.24) is 10.2 Å². The van der Waals surface area contributed by atoms with Crippen LogP contribution in [0.25, 0.3) is 0 Å². The van der Waals surface area contributed by atoms with Gasteiger partial charge in [0.05, 0.1) is 6.42 Å². The van der Waals surface area contributed by atoms with E-state index in [-0.39, 0.29) is 17.9 Å². The molecule has 1 aliphatic rings. The Bertz CT molecular complexity index is 901. The normalized spacial score (nSPS) is 14.3. The summed E-state index contributed by atoms with van der Waals surface area (Å²) < 4.78 is 5.03. The number of likely N-dealkylation sites (tertiary alicyclic amines) is 1. The Morgan fingerprint density at radius 3 is 2.48 bits per heavy atom. The zero-order chi connectivity index (χ0) is 20.8. The largest absolute Gasteiger partial charge is 0.427 e. The molecule has 0 spiro atoms. The van der Waals surface area contributed by atoms with E-state index in [9.17, 15) is 14.4 Å². The van der Waals surface area contributed by atoms with Crippen LogP contribution in [0.2, 0.25) is 0 Å². The summed E-state index contributed by atoms with van der Waals surface area (Å²) in [7, 11) is 0. The fourth-order valence-corrected chi connectivity index (χ4v) is 3.52. The minimum atomic E-state index is -0.426. The number of carbonyl (C=O) groups excluding carboxylic acids is 3. The fraction of sp³-hybridized carbons (Fsp3) is 0.348. The lowest BCUT2D eigenvalue weighted by Gasteiger charge is -2.32. The second-order valence-corrected chi connectivity index (χ2v) is 7.42. The summed E-state index contributed by atoms with van der Waals surface area (Å²) in [5.74, 6) is -0.162. The molecule has 1 aliphatic heterocycles. The summed E-state index contributed by atoms with van der Waals surface area (Å²) in [4.78, 5) is 38.0. The Hall–Kier alpha value is -3.15. The van der Waals surface area contributed by atoms with Crippen molar-refractivity contribution in [3.63, 3.8) is 0 Å². The number of nitrogens with zero attached hydrogens (tertiary/aromatic N) is 1. The van der Waals surface area contributed by atoms with Crippen LogP contribution in [0, 0.1) is 6.92 Å². The molecule has 2 aromatic rings. The van der Waals surface area contributed by atoms with Crippen LogP contribution < -0.4 is 10.1 Å². The minimum absolute atomic E-state index is 0.0166. The van der Waals surface area contributed by atoms with Gasteiger partial charge < -0.3 is 15.0 Å². The lowest BCUT2D eigenvalue weighted by Crippen LogP contribution is -2.47. The highest BCUT2D eigenvalue weighted by molar-refractivity contribution is 5.95. The van der Waals surface area contributed by atoms with Crippen LogP contribution in [0.3, 0.4) is 0 Å². The van der Waals surface area contributed by atoms with Crippen molar-refractivity contribution in [2.45, 2.75) is 39.2 Å². The maximum absolute atomic E-state index is 12.6. The molecule has 0 atom stereocenters. The van der Waals surface area contributed by atoms with Crippen LogP contribution in [-0.4, -0.2) is 41.8 Å². The van der Waals surface area contributed by atoms with Crippen LogP contribution in [0.1, 0.15) is 41.3 Å². The molecule has 1 N–H and O–H groups in total. The van der Waals surface area contributed by atoms with E-state index in [2.05, 4.69) is 5.32 Å². The van der Waals surface area contributed by atoms with Gasteiger partial charge in [0.2, 0.25) is 5.91 Å². The van der Waals surface area contributed by atoms with E-state index in [0.29, 0.717) is 30.8 Å². The third kappa shape index (κ3) is 5.91. The molecule has 6 nitrogen and oxygen atoms in total. The summed E-state index contributed by atoms with van der Waals surface area (Å²) >= 11 is 0.